The molecular weight excluding hydrogens is 332 g/mol. The fourth-order valence-electron chi connectivity index (χ4n) is 2.20. The first-order chi connectivity index (χ1) is 11.3. The molecule has 7 nitrogen and oxygen atoms in total. The number of sulfonamides is 1. The average molecular weight is 350 g/mol. The van der Waals surface area contributed by atoms with Gasteiger partial charge in [0.2, 0.25) is 10.0 Å². The molecule has 1 unspecified atom stereocenters. The lowest BCUT2D eigenvalue weighted by Crippen LogP contribution is -2.34. The summed E-state index contributed by atoms with van der Waals surface area (Å²) < 4.78 is 32.9. The normalized spacial score (nSPS) is 12.6. The number of hydrogen-bond acceptors (Lipinski definition) is 5. The number of aryl methyl sites for hydroxylation is 1. The molecule has 0 saturated carbocycles. The van der Waals surface area contributed by atoms with Crippen molar-refractivity contribution < 1.29 is 18.1 Å². The zero-order valence-electron chi connectivity index (χ0n) is 13.3. The molecule has 0 aliphatic rings. The van der Waals surface area contributed by atoms with Crippen LogP contribution < -0.4 is 9.46 Å². The topological polar surface area (TPSA) is 98.5 Å². The standard InChI is InChI=1S/C16H18N2O5S/c1-12-7-6-10-15(18(19)20)16(12)24(21,22)17-11-13(2)23-14-8-4-3-5-9-14/h3-10,13,17H,11H2,1-2H3. The van der Waals surface area contributed by atoms with Crippen LogP contribution in [0.2, 0.25) is 0 Å². The summed E-state index contributed by atoms with van der Waals surface area (Å²) in [6.07, 6.45) is -0.440. The first-order valence-corrected chi connectivity index (χ1v) is 8.75. The highest BCUT2D eigenvalue weighted by Crippen LogP contribution is 2.26. The molecule has 0 amide bonds. The van der Waals surface area contributed by atoms with Crippen LogP contribution in [-0.2, 0) is 10.0 Å². The van der Waals surface area contributed by atoms with E-state index in [4.69, 9.17) is 4.74 Å². The number of nitro benzene ring substituents is 1. The zero-order chi connectivity index (χ0) is 17.7. The smallest absolute Gasteiger partial charge is 0.289 e. The van der Waals surface area contributed by atoms with Crippen molar-refractivity contribution in [2.24, 2.45) is 0 Å². The highest BCUT2D eigenvalue weighted by atomic mass is 32.2. The lowest BCUT2D eigenvalue weighted by atomic mass is 10.2. The summed E-state index contributed by atoms with van der Waals surface area (Å²) >= 11 is 0. The number of para-hydroxylation sites is 1. The van der Waals surface area contributed by atoms with Crippen LogP contribution in [0.1, 0.15) is 12.5 Å². The molecule has 0 spiro atoms. The molecule has 8 heteroatoms. The summed E-state index contributed by atoms with van der Waals surface area (Å²) in [5.74, 6) is 0.617. The van der Waals surface area contributed by atoms with Gasteiger partial charge in [-0.15, -0.1) is 0 Å². The van der Waals surface area contributed by atoms with Gasteiger partial charge in [-0.3, -0.25) is 10.1 Å². The Morgan fingerprint density at radius 2 is 1.83 bits per heavy atom. The maximum Gasteiger partial charge on any atom is 0.289 e. The summed E-state index contributed by atoms with van der Waals surface area (Å²) in [5.41, 5.74) is -0.132. The lowest BCUT2D eigenvalue weighted by molar-refractivity contribution is -0.387. The van der Waals surface area contributed by atoms with Crippen molar-refractivity contribution in [3.63, 3.8) is 0 Å². The van der Waals surface area contributed by atoms with Gasteiger partial charge in [-0.2, -0.15) is 0 Å². The number of benzene rings is 2. The first kappa shape index (κ1) is 17.9. The average Bonchev–Trinajstić information content (AvgIpc) is 2.53. The van der Waals surface area contributed by atoms with Crippen molar-refractivity contribution in [1.29, 1.82) is 0 Å². The van der Waals surface area contributed by atoms with E-state index in [-0.39, 0.29) is 11.4 Å². The van der Waals surface area contributed by atoms with E-state index in [2.05, 4.69) is 4.72 Å². The van der Waals surface area contributed by atoms with E-state index in [0.717, 1.165) is 0 Å². The van der Waals surface area contributed by atoms with Crippen LogP contribution in [0.25, 0.3) is 0 Å². The summed E-state index contributed by atoms with van der Waals surface area (Å²) in [4.78, 5) is 10.1. The predicted octanol–water partition coefficient (Wildman–Crippen LogP) is 2.65. The molecule has 128 valence electrons. The Labute approximate surface area is 140 Å². The molecule has 0 heterocycles. The highest BCUT2D eigenvalue weighted by Gasteiger charge is 2.28. The van der Waals surface area contributed by atoms with Crippen molar-refractivity contribution in [2.75, 3.05) is 6.54 Å². The molecular formula is C16H18N2O5S. The van der Waals surface area contributed by atoms with Crippen LogP contribution in [0.4, 0.5) is 5.69 Å². The first-order valence-electron chi connectivity index (χ1n) is 7.26. The molecule has 2 aromatic rings. The number of nitro groups is 1. The van der Waals surface area contributed by atoms with Gasteiger partial charge in [-0.05, 0) is 31.5 Å². The van der Waals surface area contributed by atoms with Gasteiger partial charge in [-0.1, -0.05) is 30.3 Å². The van der Waals surface area contributed by atoms with E-state index in [9.17, 15) is 18.5 Å². The van der Waals surface area contributed by atoms with Crippen LogP contribution in [0, 0.1) is 17.0 Å². The van der Waals surface area contributed by atoms with Gasteiger partial charge in [0.25, 0.3) is 5.69 Å². The summed E-state index contributed by atoms with van der Waals surface area (Å²) in [7, 11) is -4.03. The molecule has 1 N–H and O–H groups in total. The molecule has 0 aromatic heterocycles. The molecule has 0 aliphatic heterocycles. The number of hydrogen-bond donors (Lipinski definition) is 1. The Bertz CT molecular complexity index is 822. The van der Waals surface area contributed by atoms with Crippen molar-refractivity contribution >= 4 is 15.7 Å². The van der Waals surface area contributed by atoms with Crippen molar-refractivity contribution in [2.45, 2.75) is 24.8 Å². The van der Waals surface area contributed by atoms with E-state index in [1.807, 2.05) is 18.2 Å². The second-order valence-corrected chi connectivity index (χ2v) is 6.98. The minimum Gasteiger partial charge on any atom is -0.489 e. The fourth-order valence-corrected chi connectivity index (χ4v) is 3.71. The third-order valence-electron chi connectivity index (χ3n) is 3.30. The Balaban J connectivity index is 2.13. The largest absolute Gasteiger partial charge is 0.489 e. The maximum absolute atomic E-state index is 12.5. The molecule has 24 heavy (non-hydrogen) atoms. The number of nitrogens with zero attached hydrogens (tertiary/aromatic N) is 1. The van der Waals surface area contributed by atoms with Gasteiger partial charge >= 0.3 is 0 Å². The van der Waals surface area contributed by atoms with E-state index in [1.54, 1.807) is 19.1 Å². The molecule has 2 rings (SSSR count). The monoisotopic (exact) mass is 350 g/mol. The number of rotatable bonds is 7. The molecule has 1 atom stereocenters. The van der Waals surface area contributed by atoms with Crippen molar-refractivity contribution in [3.8, 4) is 5.75 Å². The Morgan fingerprint density at radius 3 is 2.46 bits per heavy atom. The second kappa shape index (κ2) is 7.41. The lowest BCUT2D eigenvalue weighted by Gasteiger charge is -2.16. The Morgan fingerprint density at radius 1 is 1.17 bits per heavy atom. The molecule has 0 radical (unpaired) electrons. The van der Waals surface area contributed by atoms with E-state index in [1.165, 1.54) is 25.1 Å². The summed E-state index contributed by atoms with van der Waals surface area (Å²) in [6.45, 7) is 3.22. The Kier molecular flexibility index (Phi) is 5.53. The fraction of sp³-hybridized carbons (Fsp3) is 0.250. The van der Waals surface area contributed by atoms with E-state index < -0.39 is 26.7 Å². The quantitative estimate of drug-likeness (QED) is 0.611. The van der Waals surface area contributed by atoms with Crippen molar-refractivity contribution in [1.82, 2.24) is 4.72 Å². The highest BCUT2D eigenvalue weighted by molar-refractivity contribution is 7.89. The second-order valence-electron chi connectivity index (χ2n) is 5.27. The minimum absolute atomic E-state index is 0.0112. The zero-order valence-corrected chi connectivity index (χ0v) is 14.1. The summed E-state index contributed by atoms with van der Waals surface area (Å²) in [5, 5.41) is 11.1. The van der Waals surface area contributed by atoms with Gasteiger partial charge in [0.15, 0.2) is 4.90 Å². The van der Waals surface area contributed by atoms with Crippen LogP contribution in [0.3, 0.4) is 0 Å². The Hall–Kier alpha value is -2.45. The molecule has 0 fully saturated rings. The third-order valence-corrected chi connectivity index (χ3v) is 4.91. The van der Waals surface area contributed by atoms with Crippen LogP contribution in [0.15, 0.2) is 53.4 Å². The van der Waals surface area contributed by atoms with Gasteiger partial charge in [0.05, 0.1) is 4.92 Å². The number of ether oxygens (including phenoxy) is 1. The minimum atomic E-state index is -4.03. The third kappa shape index (κ3) is 4.30. The van der Waals surface area contributed by atoms with Gasteiger partial charge in [0, 0.05) is 12.6 Å². The summed E-state index contributed by atoms with van der Waals surface area (Å²) in [6, 6.07) is 13.1. The van der Waals surface area contributed by atoms with Gasteiger partial charge in [0.1, 0.15) is 11.9 Å². The van der Waals surface area contributed by atoms with Gasteiger partial charge in [-0.25, -0.2) is 13.1 Å². The van der Waals surface area contributed by atoms with Crippen LogP contribution in [-0.4, -0.2) is 26.0 Å². The van der Waals surface area contributed by atoms with Crippen molar-refractivity contribution in [3.05, 3.63) is 64.2 Å². The molecule has 0 aliphatic carbocycles. The van der Waals surface area contributed by atoms with Crippen LogP contribution >= 0.6 is 0 Å². The molecule has 0 saturated heterocycles. The SMILES string of the molecule is Cc1cccc([N+](=O)[O-])c1S(=O)(=O)NCC(C)Oc1ccccc1. The van der Waals surface area contributed by atoms with E-state index >= 15 is 0 Å². The maximum atomic E-state index is 12.5. The van der Waals surface area contributed by atoms with E-state index in [0.29, 0.717) is 11.3 Å². The predicted molar refractivity (Wildman–Crippen MR) is 89.6 cm³/mol. The molecule has 0 bridgehead atoms. The number of nitrogens with one attached hydrogen (secondary N) is 1. The molecule has 2 aromatic carbocycles. The van der Waals surface area contributed by atoms with Gasteiger partial charge < -0.3 is 4.74 Å². The van der Waals surface area contributed by atoms with Crippen LogP contribution in [0.5, 0.6) is 5.75 Å².